The van der Waals surface area contributed by atoms with Crippen molar-refractivity contribution in [3.8, 4) is 5.88 Å². The Hall–Kier alpha value is -1.62. The molecule has 2 heterocycles. The fourth-order valence-electron chi connectivity index (χ4n) is 2.02. The number of methoxy groups -OCH3 is 1. The molecular formula is C11H14N2O3. The number of rotatable bonds is 3. The quantitative estimate of drug-likeness (QED) is 0.778. The van der Waals surface area contributed by atoms with Crippen LogP contribution in [0.1, 0.15) is 11.5 Å². The fraction of sp³-hybridized carbons (Fsp3) is 0.455. The van der Waals surface area contributed by atoms with Crippen molar-refractivity contribution in [3.63, 3.8) is 0 Å². The molecule has 0 amide bonds. The number of nitrogens with one attached hydrogen (secondary N) is 1. The molecule has 0 radical (unpaired) electrons. The minimum atomic E-state index is -0.759. The molecule has 1 aromatic rings. The molecule has 16 heavy (non-hydrogen) atoms. The lowest BCUT2D eigenvalue weighted by molar-refractivity contribution is -0.141. The van der Waals surface area contributed by atoms with Gasteiger partial charge in [-0.25, -0.2) is 4.98 Å². The molecule has 1 fully saturated rings. The molecule has 0 aliphatic carbocycles. The van der Waals surface area contributed by atoms with Gasteiger partial charge in [0.1, 0.15) is 0 Å². The number of carbonyl (C=O) groups is 1. The first-order chi connectivity index (χ1) is 7.72. The van der Waals surface area contributed by atoms with Gasteiger partial charge in [0.15, 0.2) is 0 Å². The summed E-state index contributed by atoms with van der Waals surface area (Å²) >= 11 is 0. The second-order valence-corrected chi connectivity index (χ2v) is 3.84. The van der Waals surface area contributed by atoms with Gasteiger partial charge in [0.25, 0.3) is 0 Å². The number of ether oxygens (including phenoxy) is 1. The van der Waals surface area contributed by atoms with Crippen LogP contribution < -0.4 is 10.1 Å². The number of aromatic nitrogens is 1. The zero-order valence-corrected chi connectivity index (χ0v) is 9.01. The SMILES string of the molecule is COc1ccc(C2CNCC2C(=O)O)cn1. The lowest BCUT2D eigenvalue weighted by atomic mass is 9.90. The highest BCUT2D eigenvalue weighted by Gasteiger charge is 2.33. The minimum Gasteiger partial charge on any atom is -0.481 e. The third-order valence-corrected chi connectivity index (χ3v) is 2.93. The maximum Gasteiger partial charge on any atom is 0.308 e. The van der Waals surface area contributed by atoms with Crippen LogP contribution in [-0.2, 0) is 4.79 Å². The van der Waals surface area contributed by atoms with E-state index >= 15 is 0 Å². The van der Waals surface area contributed by atoms with Crippen LogP contribution in [0.3, 0.4) is 0 Å². The van der Waals surface area contributed by atoms with Crippen LogP contribution in [0.2, 0.25) is 0 Å². The molecule has 1 aromatic heterocycles. The fourth-order valence-corrected chi connectivity index (χ4v) is 2.02. The highest BCUT2D eigenvalue weighted by molar-refractivity contribution is 5.72. The van der Waals surface area contributed by atoms with Crippen LogP contribution in [0.25, 0.3) is 0 Å². The van der Waals surface area contributed by atoms with Gasteiger partial charge < -0.3 is 15.2 Å². The predicted octanol–water partition coefficient (Wildman–Crippen LogP) is 0.478. The first-order valence-electron chi connectivity index (χ1n) is 5.16. The standard InChI is InChI=1S/C11H14N2O3/c1-16-10-3-2-7(4-13-10)8-5-12-6-9(8)11(14)15/h2-4,8-9,12H,5-6H2,1H3,(H,14,15). The average Bonchev–Trinajstić information content (AvgIpc) is 2.78. The van der Waals surface area contributed by atoms with Crippen molar-refractivity contribution in [2.75, 3.05) is 20.2 Å². The van der Waals surface area contributed by atoms with E-state index in [2.05, 4.69) is 10.3 Å². The molecule has 2 unspecified atom stereocenters. The summed E-state index contributed by atoms with van der Waals surface area (Å²) in [6.45, 7) is 1.21. The Morgan fingerprint density at radius 2 is 2.38 bits per heavy atom. The monoisotopic (exact) mass is 222 g/mol. The molecular weight excluding hydrogens is 208 g/mol. The van der Waals surface area contributed by atoms with E-state index in [4.69, 9.17) is 9.84 Å². The Kier molecular flexibility index (Phi) is 3.05. The molecule has 0 spiro atoms. The Labute approximate surface area is 93.5 Å². The lowest BCUT2D eigenvalue weighted by Crippen LogP contribution is -2.21. The number of hydrogen-bond donors (Lipinski definition) is 2. The molecule has 0 bridgehead atoms. The maximum atomic E-state index is 11.0. The molecule has 2 N–H and O–H groups in total. The van der Waals surface area contributed by atoms with Crippen LogP contribution in [0.15, 0.2) is 18.3 Å². The molecule has 86 valence electrons. The van der Waals surface area contributed by atoms with Crippen LogP contribution >= 0.6 is 0 Å². The Morgan fingerprint density at radius 1 is 1.56 bits per heavy atom. The van der Waals surface area contributed by atoms with Crippen molar-refractivity contribution in [1.82, 2.24) is 10.3 Å². The van der Waals surface area contributed by atoms with Crippen LogP contribution in [0.5, 0.6) is 5.88 Å². The molecule has 5 nitrogen and oxygen atoms in total. The predicted molar refractivity (Wildman–Crippen MR) is 57.5 cm³/mol. The molecule has 1 saturated heterocycles. The van der Waals surface area contributed by atoms with Crippen molar-refractivity contribution in [2.24, 2.45) is 5.92 Å². The normalized spacial score (nSPS) is 24.3. The second-order valence-electron chi connectivity index (χ2n) is 3.84. The summed E-state index contributed by atoms with van der Waals surface area (Å²) in [7, 11) is 1.55. The summed E-state index contributed by atoms with van der Waals surface area (Å²) in [6, 6.07) is 3.63. The lowest BCUT2D eigenvalue weighted by Gasteiger charge is -2.14. The van der Waals surface area contributed by atoms with E-state index in [-0.39, 0.29) is 11.8 Å². The summed E-state index contributed by atoms with van der Waals surface area (Å²) in [6.07, 6.45) is 1.69. The van der Waals surface area contributed by atoms with E-state index in [0.29, 0.717) is 19.0 Å². The van der Waals surface area contributed by atoms with Crippen LogP contribution in [-0.4, -0.2) is 36.3 Å². The van der Waals surface area contributed by atoms with Gasteiger partial charge in [-0.1, -0.05) is 6.07 Å². The molecule has 0 aromatic carbocycles. The van der Waals surface area contributed by atoms with Gasteiger partial charge in [-0.3, -0.25) is 4.79 Å². The van der Waals surface area contributed by atoms with E-state index in [0.717, 1.165) is 5.56 Å². The highest BCUT2D eigenvalue weighted by Crippen LogP contribution is 2.28. The average molecular weight is 222 g/mol. The van der Waals surface area contributed by atoms with Crippen molar-refractivity contribution in [2.45, 2.75) is 5.92 Å². The molecule has 0 saturated carbocycles. The minimum absolute atomic E-state index is 0.00379. The maximum absolute atomic E-state index is 11.0. The van der Waals surface area contributed by atoms with Gasteiger partial charge >= 0.3 is 5.97 Å². The van der Waals surface area contributed by atoms with Crippen LogP contribution in [0, 0.1) is 5.92 Å². The third kappa shape index (κ3) is 1.99. The summed E-state index contributed by atoms with van der Waals surface area (Å²) in [5, 5.41) is 12.2. The Bertz CT molecular complexity index is 377. The van der Waals surface area contributed by atoms with Gasteiger partial charge in [0.2, 0.25) is 5.88 Å². The van der Waals surface area contributed by atoms with E-state index < -0.39 is 5.97 Å². The topological polar surface area (TPSA) is 71.5 Å². The molecule has 2 atom stereocenters. The number of aliphatic carboxylic acids is 1. The second kappa shape index (κ2) is 4.49. The number of nitrogens with zero attached hydrogens (tertiary/aromatic N) is 1. The van der Waals surface area contributed by atoms with Crippen molar-refractivity contribution >= 4 is 5.97 Å². The molecule has 1 aliphatic heterocycles. The molecule has 2 rings (SSSR count). The third-order valence-electron chi connectivity index (χ3n) is 2.93. The zero-order chi connectivity index (χ0) is 11.5. The largest absolute Gasteiger partial charge is 0.481 e. The smallest absolute Gasteiger partial charge is 0.308 e. The van der Waals surface area contributed by atoms with E-state index in [9.17, 15) is 4.79 Å². The number of carboxylic acid groups (broad SMARTS) is 1. The van der Waals surface area contributed by atoms with Gasteiger partial charge in [-0.2, -0.15) is 0 Å². The van der Waals surface area contributed by atoms with Gasteiger partial charge in [0.05, 0.1) is 13.0 Å². The summed E-state index contributed by atoms with van der Waals surface area (Å²) in [5.41, 5.74) is 0.943. The first-order valence-corrected chi connectivity index (χ1v) is 5.16. The Morgan fingerprint density at radius 3 is 2.94 bits per heavy atom. The number of hydrogen-bond acceptors (Lipinski definition) is 4. The molecule has 1 aliphatic rings. The summed E-state index contributed by atoms with van der Waals surface area (Å²) in [5.74, 6) is -0.585. The molecule has 5 heteroatoms. The van der Waals surface area contributed by atoms with Gasteiger partial charge in [-0.05, 0) is 5.56 Å². The van der Waals surface area contributed by atoms with E-state index in [1.54, 1.807) is 19.4 Å². The van der Waals surface area contributed by atoms with E-state index in [1.165, 1.54) is 0 Å². The highest BCUT2D eigenvalue weighted by atomic mass is 16.5. The van der Waals surface area contributed by atoms with Crippen LogP contribution in [0.4, 0.5) is 0 Å². The van der Waals surface area contributed by atoms with Crippen molar-refractivity contribution in [1.29, 1.82) is 0 Å². The zero-order valence-electron chi connectivity index (χ0n) is 9.01. The van der Waals surface area contributed by atoms with Crippen molar-refractivity contribution in [3.05, 3.63) is 23.9 Å². The number of pyridine rings is 1. The van der Waals surface area contributed by atoms with Gasteiger partial charge in [-0.15, -0.1) is 0 Å². The summed E-state index contributed by atoms with van der Waals surface area (Å²) in [4.78, 5) is 15.1. The number of carboxylic acids is 1. The van der Waals surface area contributed by atoms with E-state index in [1.807, 2.05) is 6.07 Å². The Balaban J connectivity index is 2.19. The summed E-state index contributed by atoms with van der Waals surface area (Å²) < 4.78 is 4.96. The van der Waals surface area contributed by atoms with Crippen molar-refractivity contribution < 1.29 is 14.6 Å². The first kappa shape index (κ1) is 10.9. The van der Waals surface area contributed by atoms with Gasteiger partial charge in [0, 0.05) is 31.3 Å².